The van der Waals surface area contributed by atoms with Crippen LogP contribution in [0, 0.1) is 0 Å². The van der Waals surface area contributed by atoms with E-state index in [9.17, 15) is 0 Å². The van der Waals surface area contributed by atoms with Gasteiger partial charge in [-0.1, -0.05) is 24.3 Å². The third-order valence-electron chi connectivity index (χ3n) is 2.81. The van der Waals surface area contributed by atoms with E-state index in [-0.39, 0.29) is 0 Å². The molecule has 15 heavy (non-hydrogen) atoms. The van der Waals surface area contributed by atoms with E-state index >= 15 is 0 Å². The third kappa shape index (κ3) is 1.27. The molecule has 2 aromatic rings. The van der Waals surface area contributed by atoms with E-state index in [2.05, 4.69) is 23.2 Å². The molecule has 0 unspecified atom stereocenters. The van der Waals surface area contributed by atoms with Crippen LogP contribution in [0.25, 0.3) is 11.3 Å². The van der Waals surface area contributed by atoms with Crippen molar-refractivity contribution in [3.05, 3.63) is 41.4 Å². The summed E-state index contributed by atoms with van der Waals surface area (Å²) in [6, 6.07) is 8.31. The molecule has 0 radical (unpaired) electrons. The van der Waals surface area contributed by atoms with Gasteiger partial charge in [-0.25, -0.2) is 4.98 Å². The van der Waals surface area contributed by atoms with Gasteiger partial charge in [0.1, 0.15) is 0 Å². The first kappa shape index (κ1) is 8.68. The Morgan fingerprint density at radius 3 is 3.00 bits per heavy atom. The van der Waals surface area contributed by atoms with Gasteiger partial charge in [0.25, 0.3) is 0 Å². The molecule has 0 aliphatic heterocycles. The average molecular weight is 200 g/mol. The Kier molecular flexibility index (Phi) is 1.86. The normalized spacial score (nSPS) is 13.4. The molecule has 0 saturated carbocycles. The van der Waals surface area contributed by atoms with Crippen molar-refractivity contribution in [2.45, 2.75) is 19.4 Å². The van der Waals surface area contributed by atoms with Crippen LogP contribution in [-0.2, 0) is 19.4 Å². The van der Waals surface area contributed by atoms with Crippen LogP contribution < -0.4 is 5.73 Å². The third-order valence-corrected chi connectivity index (χ3v) is 2.81. The van der Waals surface area contributed by atoms with Crippen molar-refractivity contribution in [2.75, 3.05) is 0 Å². The first-order chi connectivity index (χ1) is 7.38. The fourth-order valence-corrected chi connectivity index (χ4v) is 2.08. The van der Waals surface area contributed by atoms with E-state index in [0.717, 1.165) is 24.3 Å². The summed E-state index contributed by atoms with van der Waals surface area (Å²) in [5.41, 5.74) is 9.09. The summed E-state index contributed by atoms with van der Waals surface area (Å²) >= 11 is 0. The summed E-state index contributed by atoms with van der Waals surface area (Å²) in [6.07, 6.45) is 2.00. The van der Waals surface area contributed by atoms with Crippen molar-refractivity contribution in [1.82, 2.24) is 4.98 Å². The highest BCUT2D eigenvalue weighted by molar-refractivity contribution is 5.66. The molecular formula is C12H12N2O. The second kappa shape index (κ2) is 3.21. The van der Waals surface area contributed by atoms with E-state index in [4.69, 9.17) is 10.2 Å². The Balaban J connectivity index is 2.20. The lowest BCUT2D eigenvalue weighted by molar-refractivity contribution is 0.508. The number of oxazole rings is 1. The molecule has 3 nitrogen and oxygen atoms in total. The second-order valence-electron chi connectivity index (χ2n) is 3.74. The molecule has 0 bridgehead atoms. The molecular weight excluding hydrogens is 188 g/mol. The van der Waals surface area contributed by atoms with E-state index < -0.39 is 0 Å². The number of rotatable bonds is 1. The van der Waals surface area contributed by atoms with E-state index in [1.165, 1.54) is 11.1 Å². The molecule has 1 aromatic heterocycles. The fraction of sp³-hybridized carbons (Fsp3) is 0.250. The number of hydrogen-bond donors (Lipinski definition) is 1. The number of benzene rings is 1. The van der Waals surface area contributed by atoms with Gasteiger partial charge in [0.15, 0.2) is 5.76 Å². The molecule has 1 aliphatic rings. The Labute approximate surface area is 87.9 Å². The number of nitrogens with two attached hydrogens (primary N) is 1. The van der Waals surface area contributed by atoms with Gasteiger partial charge in [-0.15, -0.1) is 0 Å². The van der Waals surface area contributed by atoms with Crippen molar-refractivity contribution in [3.63, 3.8) is 0 Å². The highest BCUT2D eigenvalue weighted by Crippen LogP contribution is 2.33. The minimum Gasteiger partial charge on any atom is -0.439 e. The number of aromatic nitrogens is 1. The Hall–Kier alpha value is -1.61. The van der Waals surface area contributed by atoms with Crippen LogP contribution in [0.15, 0.2) is 28.7 Å². The number of hydrogen-bond acceptors (Lipinski definition) is 3. The standard InChI is InChI=1S/C12H12N2O/c13-7-11-14-10-6-5-8-3-1-2-4-9(8)12(10)15-11/h1-4H,5-7,13H2. The highest BCUT2D eigenvalue weighted by atomic mass is 16.4. The van der Waals surface area contributed by atoms with Gasteiger partial charge in [0.2, 0.25) is 5.89 Å². The molecule has 0 spiro atoms. The predicted octanol–water partition coefficient (Wildman–Crippen LogP) is 1.90. The molecule has 2 N–H and O–H groups in total. The first-order valence-corrected chi connectivity index (χ1v) is 5.15. The summed E-state index contributed by atoms with van der Waals surface area (Å²) < 4.78 is 5.65. The Morgan fingerprint density at radius 2 is 2.13 bits per heavy atom. The largest absolute Gasteiger partial charge is 0.439 e. The van der Waals surface area contributed by atoms with Crippen LogP contribution in [0.3, 0.4) is 0 Å². The zero-order chi connectivity index (χ0) is 10.3. The molecule has 0 saturated heterocycles. The Morgan fingerprint density at radius 1 is 1.27 bits per heavy atom. The van der Waals surface area contributed by atoms with Crippen molar-refractivity contribution < 1.29 is 4.42 Å². The molecule has 1 heterocycles. The van der Waals surface area contributed by atoms with Crippen molar-refractivity contribution in [1.29, 1.82) is 0 Å². The lowest BCUT2D eigenvalue weighted by Gasteiger charge is -2.12. The predicted molar refractivity (Wildman–Crippen MR) is 57.2 cm³/mol. The molecule has 0 fully saturated rings. The molecule has 3 rings (SSSR count). The summed E-state index contributed by atoms with van der Waals surface area (Å²) in [5, 5.41) is 0. The highest BCUT2D eigenvalue weighted by Gasteiger charge is 2.21. The van der Waals surface area contributed by atoms with Crippen LogP contribution in [0.1, 0.15) is 17.1 Å². The van der Waals surface area contributed by atoms with Crippen LogP contribution in [-0.4, -0.2) is 4.98 Å². The fourth-order valence-electron chi connectivity index (χ4n) is 2.08. The van der Waals surface area contributed by atoms with Gasteiger partial charge in [0, 0.05) is 5.56 Å². The van der Waals surface area contributed by atoms with Crippen LogP contribution in [0.5, 0.6) is 0 Å². The van der Waals surface area contributed by atoms with E-state index in [0.29, 0.717) is 12.4 Å². The van der Waals surface area contributed by atoms with E-state index in [1.807, 2.05) is 6.07 Å². The minimum absolute atomic E-state index is 0.370. The van der Waals surface area contributed by atoms with Crippen LogP contribution >= 0.6 is 0 Å². The SMILES string of the molecule is NCc1nc2c(o1)-c1ccccc1CC2. The van der Waals surface area contributed by atoms with Gasteiger partial charge in [0.05, 0.1) is 12.2 Å². The van der Waals surface area contributed by atoms with E-state index in [1.54, 1.807) is 0 Å². The summed E-state index contributed by atoms with van der Waals surface area (Å²) in [5.74, 6) is 1.55. The summed E-state index contributed by atoms with van der Waals surface area (Å²) in [6.45, 7) is 0.370. The van der Waals surface area contributed by atoms with Crippen LogP contribution in [0.4, 0.5) is 0 Å². The molecule has 76 valence electrons. The van der Waals surface area contributed by atoms with Gasteiger partial charge in [-0.2, -0.15) is 0 Å². The van der Waals surface area contributed by atoms with Gasteiger partial charge >= 0.3 is 0 Å². The summed E-state index contributed by atoms with van der Waals surface area (Å²) in [4.78, 5) is 4.38. The number of nitrogens with zero attached hydrogens (tertiary/aromatic N) is 1. The van der Waals surface area contributed by atoms with Gasteiger partial charge in [-0.3, -0.25) is 0 Å². The monoisotopic (exact) mass is 200 g/mol. The molecule has 0 atom stereocenters. The maximum Gasteiger partial charge on any atom is 0.208 e. The minimum atomic E-state index is 0.370. The second-order valence-corrected chi connectivity index (χ2v) is 3.74. The first-order valence-electron chi connectivity index (χ1n) is 5.15. The van der Waals surface area contributed by atoms with Gasteiger partial charge < -0.3 is 10.2 Å². The van der Waals surface area contributed by atoms with Crippen LogP contribution in [0.2, 0.25) is 0 Å². The molecule has 1 aromatic carbocycles. The smallest absolute Gasteiger partial charge is 0.208 e. The zero-order valence-electron chi connectivity index (χ0n) is 8.36. The molecule has 1 aliphatic carbocycles. The number of fused-ring (bicyclic) bond motifs is 3. The van der Waals surface area contributed by atoms with Crippen molar-refractivity contribution in [3.8, 4) is 11.3 Å². The topological polar surface area (TPSA) is 52.0 Å². The maximum absolute atomic E-state index is 5.65. The maximum atomic E-state index is 5.65. The lowest BCUT2D eigenvalue weighted by atomic mass is 9.93. The quantitative estimate of drug-likeness (QED) is 0.764. The lowest BCUT2D eigenvalue weighted by Crippen LogP contribution is -2.02. The van der Waals surface area contributed by atoms with Crippen molar-refractivity contribution in [2.24, 2.45) is 5.73 Å². The average Bonchev–Trinajstić information content (AvgIpc) is 2.72. The van der Waals surface area contributed by atoms with Gasteiger partial charge in [-0.05, 0) is 18.4 Å². The number of aryl methyl sites for hydroxylation is 2. The molecule has 0 amide bonds. The summed E-state index contributed by atoms with van der Waals surface area (Å²) in [7, 11) is 0. The van der Waals surface area contributed by atoms with Crippen molar-refractivity contribution >= 4 is 0 Å². The molecule has 3 heteroatoms. The zero-order valence-corrected chi connectivity index (χ0v) is 8.36. The Bertz CT molecular complexity index is 502.